The minimum absolute atomic E-state index is 0.0352. The largest absolute Gasteiger partial charge is 0.365 e. The number of rotatable bonds is 5. The van der Waals surface area contributed by atoms with Gasteiger partial charge < -0.3 is 19.5 Å². The molecule has 8 heteroatoms. The molecule has 0 spiro atoms. The average Bonchev–Trinajstić information content (AvgIpc) is 3.32. The molecule has 2 aromatic carbocycles. The van der Waals surface area contributed by atoms with E-state index in [0.717, 1.165) is 16.8 Å². The second kappa shape index (κ2) is 10.00. The van der Waals surface area contributed by atoms with Gasteiger partial charge in [0, 0.05) is 19.0 Å². The number of aromatic nitrogens is 2. The van der Waals surface area contributed by atoms with Crippen molar-refractivity contribution in [2.24, 2.45) is 5.92 Å². The van der Waals surface area contributed by atoms with Crippen LogP contribution in [-0.2, 0) is 22.7 Å². The molecule has 35 heavy (non-hydrogen) atoms. The van der Waals surface area contributed by atoms with Gasteiger partial charge in [-0.05, 0) is 43.0 Å². The predicted molar refractivity (Wildman–Crippen MR) is 128 cm³/mol. The van der Waals surface area contributed by atoms with E-state index in [1.165, 1.54) is 12.1 Å². The highest BCUT2D eigenvalue weighted by Crippen LogP contribution is 2.29. The van der Waals surface area contributed by atoms with E-state index in [-0.39, 0.29) is 42.3 Å². The highest BCUT2D eigenvalue weighted by Gasteiger charge is 2.32. The predicted octanol–water partition coefficient (Wildman–Crippen LogP) is 4.02. The van der Waals surface area contributed by atoms with Crippen LogP contribution in [0.25, 0.3) is 0 Å². The van der Waals surface area contributed by atoms with Gasteiger partial charge in [-0.1, -0.05) is 42.5 Å². The number of fused-ring (bicyclic) bond motifs is 1. The van der Waals surface area contributed by atoms with Crippen molar-refractivity contribution in [3.05, 3.63) is 89.3 Å². The summed E-state index contributed by atoms with van der Waals surface area (Å²) in [6.45, 7) is 3.79. The van der Waals surface area contributed by atoms with Crippen LogP contribution in [0.3, 0.4) is 0 Å². The third kappa shape index (κ3) is 4.98. The lowest BCUT2D eigenvalue weighted by Crippen LogP contribution is -2.43. The molecule has 1 aromatic heterocycles. The van der Waals surface area contributed by atoms with Crippen LogP contribution in [0.2, 0.25) is 0 Å². The number of ether oxygens (including phenoxy) is 1. The molecule has 1 N–H and O–H groups in total. The lowest BCUT2D eigenvalue weighted by Gasteiger charge is -2.32. The van der Waals surface area contributed by atoms with Crippen molar-refractivity contribution in [1.29, 1.82) is 0 Å². The van der Waals surface area contributed by atoms with Crippen LogP contribution in [0.4, 0.5) is 4.39 Å². The Hall–Kier alpha value is -3.52. The van der Waals surface area contributed by atoms with E-state index < -0.39 is 0 Å². The topological polar surface area (TPSA) is 76.5 Å². The summed E-state index contributed by atoms with van der Waals surface area (Å²) in [5.74, 6) is -0.485. The summed E-state index contributed by atoms with van der Waals surface area (Å²) >= 11 is 0. The zero-order chi connectivity index (χ0) is 24.4. The fourth-order valence-electron chi connectivity index (χ4n) is 4.84. The van der Waals surface area contributed by atoms with Crippen LogP contribution in [0.15, 0.2) is 60.9 Å². The van der Waals surface area contributed by atoms with E-state index in [9.17, 15) is 14.0 Å². The zero-order valence-corrected chi connectivity index (χ0v) is 19.7. The normalized spacial score (nSPS) is 19.1. The molecule has 0 radical (unpaired) electrons. The summed E-state index contributed by atoms with van der Waals surface area (Å²) in [5, 5.41) is 3.10. The Balaban J connectivity index is 1.17. The Bertz CT molecular complexity index is 1190. The lowest BCUT2D eigenvalue weighted by molar-refractivity contribution is -0.127. The molecular weight excluding hydrogens is 447 g/mol. The Kier molecular flexibility index (Phi) is 6.63. The first-order valence-corrected chi connectivity index (χ1v) is 12.0. The van der Waals surface area contributed by atoms with Crippen LogP contribution in [0, 0.1) is 11.7 Å². The number of hydrogen-bond donors (Lipinski definition) is 1. The first-order valence-electron chi connectivity index (χ1n) is 12.0. The fourth-order valence-corrected chi connectivity index (χ4v) is 4.84. The maximum atomic E-state index is 13.2. The minimum atomic E-state index is -0.285. The summed E-state index contributed by atoms with van der Waals surface area (Å²) in [4.78, 5) is 32.2. The van der Waals surface area contributed by atoms with Gasteiger partial charge in [-0.3, -0.25) is 9.59 Å². The Morgan fingerprint density at radius 3 is 2.51 bits per heavy atom. The first kappa shape index (κ1) is 23.2. The smallest absolute Gasteiger partial charge is 0.274 e. The molecule has 5 rings (SSSR count). The van der Waals surface area contributed by atoms with Crippen LogP contribution < -0.4 is 5.32 Å². The molecule has 0 unspecified atom stereocenters. The van der Waals surface area contributed by atoms with Gasteiger partial charge in [0.15, 0.2) is 5.69 Å². The molecule has 0 aliphatic carbocycles. The zero-order valence-electron chi connectivity index (χ0n) is 19.7. The van der Waals surface area contributed by atoms with Crippen molar-refractivity contribution in [3.8, 4) is 0 Å². The minimum Gasteiger partial charge on any atom is -0.365 e. The van der Waals surface area contributed by atoms with E-state index in [2.05, 4.69) is 10.3 Å². The van der Waals surface area contributed by atoms with Gasteiger partial charge in [0.1, 0.15) is 11.9 Å². The Labute approximate surface area is 203 Å². The summed E-state index contributed by atoms with van der Waals surface area (Å²) in [6.07, 6.45) is 2.70. The van der Waals surface area contributed by atoms with Crippen LogP contribution in [0.1, 0.15) is 59.2 Å². The van der Waals surface area contributed by atoms with E-state index in [1.807, 2.05) is 41.8 Å². The molecule has 0 bridgehead atoms. The highest BCUT2D eigenvalue weighted by atomic mass is 19.1. The van der Waals surface area contributed by atoms with Gasteiger partial charge in [0.2, 0.25) is 5.91 Å². The SMILES string of the molecule is C[C@H](NC(=O)C1CCN(C(=O)c2ncn3c2CO[C@H](c2ccc(F)cc2)C3)CC1)c1ccccc1. The van der Waals surface area contributed by atoms with E-state index in [1.54, 1.807) is 23.4 Å². The molecule has 3 heterocycles. The van der Waals surface area contributed by atoms with Crippen molar-refractivity contribution in [3.63, 3.8) is 0 Å². The molecule has 3 aromatic rings. The molecule has 2 amide bonds. The van der Waals surface area contributed by atoms with E-state index in [0.29, 0.717) is 38.2 Å². The van der Waals surface area contributed by atoms with Crippen molar-refractivity contribution in [1.82, 2.24) is 19.8 Å². The maximum Gasteiger partial charge on any atom is 0.274 e. The van der Waals surface area contributed by atoms with E-state index >= 15 is 0 Å². The second-order valence-electron chi connectivity index (χ2n) is 9.25. The molecule has 2 aliphatic rings. The number of hydrogen-bond acceptors (Lipinski definition) is 4. The number of carbonyl (C=O) groups is 2. The van der Waals surface area contributed by atoms with Gasteiger partial charge in [0.05, 0.1) is 31.2 Å². The molecule has 2 atom stereocenters. The molecular formula is C27H29FN4O3. The highest BCUT2D eigenvalue weighted by molar-refractivity contribution is 5.93. The number of carbonyl (C=O) groups excluding carboxylic acids is 2. The molecule has 0 saturated carbocycles. The molecule has 2 aliphatic heterocycles. The Morgan fingerprint density at radius 1 is 1.09 bits per heavy atom. The second-order valence-corrected chi connectivity index (χ2v) is 9.25. The number of likely N-dealkylation sites (tertiary alicyclic amines) is 1. The molecule has 1 saturated heterocycles. The van der Waals surface area contributed by atoms with Gasteiger partial charge >= 0.3 is 0 Å². The number of halogens is 1. The Morgan fingerprint density at radius 2 is 1.80 bits per heavy atom. The summed E-state index contributed by atoms with van der Waals surface area (Å²) < 4.78 is 21.2. The fraction of sp³-hybridized carbons (Fsp3) is 0.370. The van der Waals surface area contributed by atoms with E-state index in [4.69, 9.17) is 4.74 Å². The van der Waals surface area contributed by atoms with Crippen molar-refractivity contribution >= 4 is 11.8 Å². The first-order chi connectivity index (χ1) is 17.0. The van der Waals surface area contributed by atoms with Crippen LogP contribution in [0.5, 0.6) is 0 Å². The number of amides is 2. The molecule has 182 valence electrons. The monoisotopic (exact) mass is 476 g/mol. The standard InChI is InChI=1S/C27H29FN4O3/c1-18(19-5-3-2-4-6-19)30-26(33)21-11-13-31(14-12-21)27(34)25-23-16-35-24(15-32(23)17-29-25)20-7-9-22(28)10-8-20/h2-10,17-18,21,24H,11-16H2,1H3,(H,30,33)/t18-,24-/m0/s1. The van der Waals surface area contributed by atoms with Crippen LogP contribution in [-0.4, -0.2) is 39.4 Å². The van der Waals surface area contributed by atoms with Crippen molar-refractivity contribution in [2.75, 3.05) is 13.1 Å². The van der Waals surface area contributed by atoms with Crippen LogP contribution >= 0.6 is 0 Å². The summed E-state index contributed by atoms with van der Waals surface area (Å²) in [6, 6.07) is 16.1. The maximum absolute atomic E-state index is 13.2. The van der Waals surface area contributed by atoms with Gasteiger partial charge in [-0.15, -0.1) is 0 Å². The number of piperidine rings is 1. The average molecular weight is 477 g/mol. The van der Waals surface area contributed by atoms with Gasteiger partial charge in [0.25, 0.3) is 5.91 Å². The quantitative estimate of drug-likeness (QED) is 0.604. The summed E-state index contributed by atoms with van der Waals surface area (Å²) in [7, 11) is 0. The third-order valence-corrected chi connectivity index (χ3v) is 6.99. The number of nitrogens with zero attached hydrogens (tertiary/aromatic N) is 3. The molecule has 7 nitrogen and oxygen atoms in total. The molecule has 1 fully saturated rings. The summed E-state index contributed by atoms with van der Waals surface area (Å²) in [5.41, 5.74) is 3.12. The third-order valence-electron chi connectivity index (χ3n) is 6.99. The number of imidazole rings is 1. The number of nitrogens with one attached hydrogen (secondary N) is 1. The van der Waals surface area contributed by atoms with Crippen molar-refractivity contribution in [2.45, 2.75) is 45.1 Å². The number of benzene rings is 2. The van der Waals surface area contributed by atoms with Crippen molar-refractivity contribution < 1.29 is 18.7 Å². The van der Waals surface area contributed by atoms with Gasteiger partial charge in [-0.25, -0.2) is 9.37 Å². The van der Waals surface area contributed by atoms with Gasteiger partial charge in [-0.2, -0.15) is 0 Å². The lowest BCUT2D eigenvalue weighted by atomic mass is 9.95.